The zero-order valence-electron chi connectivity index (χ0n) is 11.0. The van der Waals surface area contributed by atoms with Crippen molar-refractivity contribution in [1.82, 2.24) is 19.4 Å². The summed E-state index contributed by atoms with van der Waals surface area (Å²) in [4.78, 5) is 10.9. The number of hydrogen-bond acceptors (Lipinski definition) is 4. The van der Waals surface area contributed by atoms with E-state index >= 15 is 0 Å². The smallest absolute Gasteiger partial charge is 0.0951 e. The van der Waals surface area contributed by atoms with Crippen LogP contribution in [0.3, 0.4) is 0 Å². The first kappa shape index (κ1) is 12.2. The third kappa shape index (κ3) is 2.61. The Morgan fingerprint density at radius 3 is 2.74 bits per heavy atom. The van der Waals surface area contributed by atoms with Gasteiger partial charge in [0.1, 0.15) is 0 Å². The Kier molecular flexibility index (Phi) is 3.46. The van der Waals surface area contributed by atoms with Crippen molar-refractivity contribution >= 4 is 5.69 Å². The Morgan fingerprint density at radius 2 is 1.95 bits per heavy atom. The summed E-state index contributed by atoms with van der Waals surface area (Å²) in [5.74, 6) is 0. The normalized spacial score (nSPS) is 16.0. The van der Waals surface area contributed by atoms with Crippen LogP contribution in [-0.4, -0.2) is 39.1 Å². The van der Waals surface area contributed by atoms with E-state index in [4.69, 9.17) is 5.73 Å². The van der Waals surface area contributed by atoms with E-state index in [-0.39, 0.29) is 0 Å². The maximum Gasteiger partial charge on any atom is 0.0951 e. The van der Waals surface area contributed by atoms with Gasteiger partial charge in [-0.15, -0.1) is 0 Å². The van der Waals surface area contributed by atoms with Gasteiger partial charge in [-0.25, -0.2) is 4.98 Å². The van der Waals surface area contributed by atoms with Gasteiger partial charge in [0.05, 0.1) is 18.2 Å². The molecule has 0 unspecified atom stereocenters. The minimum absolute atomic E-state index is 0.748. The van der Waals surface area contributed by atoms with Crippen LogP contribution in [0.5, 0.6) is 0 Å². The Morgan fingerprint density at radius 1 is 1.11 bits per heavy atom. The zero-order valence-corrected chi connectivity index (χ0v) is 11.0. The molecule has 3 rings (SSSR count). The van der Waals surface area contributed by atoms with Crippen molar-refractivity contribution in [3.05, 3.63) is 31.0 Å². The number of imidazole rings is 1. The van der Waals surface area contributed by atoms with Crippen LogP contribution in [0.25, 0.3) is 11.3 Å². The summed E-state index contributed by atoms with van der Waals surface area (Å²) >= 11 is 0. The average Bonchev–Trinajstić information content (AvgIpc) is 3.08. The second-order valence-electron chi connectivity index (χ2n) is 4.98. The van der Waals surface area contributed by atoms with E-state index in [0.717, 1.165) is 30.0 Å². The minimum atomic E-state index is 0.748. The molecule has 1 fully saturated rings. The third-order valence-corrected chi connectivity index (χ3v) is 3.70. The van der Waals surface area contributed by atoms with Crippen LogP contribution >= 0.6 is 0 Å². The molecular formula is C14H19N5. The Hall–Kier alpha value is -1.88. The van der Waals surface area contributed by atoms with Crippen molar-refractivity contribution < 1.29 is 0 Å². The lowest BCUT2D eigenvalue weighted by molar-refractivity contribution is 0.323. The fourth-order valence-corrected chi connectivity index (χ4v) is 2.60. The van der Waals surface area contributed by atoms with Crippen LogP contribution in [0, 0.1) is 0 Å². The molecule has 0 saturated carbocycles. The molecule has 1 aliphatic rings. The summed E-state index contributed by atoms with van der Waals surface area (Å²) in [6.07, 6.45) is 9.90. The van der Waals surface area contributed by atoms with Gasteiger partial charge < -0.3 is 15.2 Å². The number of anilines is 1. The van der Waals surface area contributed by atoms with Gasteiger partial charge in [-0.05, 0) is 32.0 Å². The zero-order chi connectivity index (χ0) is 13.1. The van der Waals surface area contributed by atoms with Crippen molar-refractivity contribution in [2.75, 3.05) is 25.4 Å². The number of aromatic nitrogens is 3. The van der Waals surface area contributed by atoms with Crippen LogP contribution in [0.15, 0.2) is 31.0 Å². The first-order valence-corrected chi connectivity index (χ1v) is 6.77. The number of rotatable bonds is 4. The maximum atomic E-state index is 6.01. The SMILES string of the molecule is Nc1ccncc1-c1cncn1CCN1CCCC1. The molecule has 0 amide bonds. The molecule has 5 heteroatoms. The van der Waals surface area contributed by atoms with E-state index in [1.54, 1.807) is 12.4 Å². The molecule has 3 heterocycles. The molecular weight excluding hydrogens is 238 g/mol. The van der Waals surface area contributed by atoms with Crippen molar-refractivity contribution in [3.63, 3.8) is 0 Å². The van der Waals surface area contributed by atoms with Crippen molar-refractivity contribution in [2.45, 2.75) is 19.4 Å². The van der Waals surface area contributed by atoms with Gasteiger partial charge in [0.2, 0.25) is 0 Å². The standard InChI is InChI=1S/C14H19N5/c15-13-3-4-16-9-12(13)14-10-17-11-19(14)8-7-18-5-1-2-6-18/h3-4,9-11H,1-2,5-8H2,(H2,15,16). The topological polar surface area (TPSA) is 60.0 Å². The number of nitrogen functional groups attached to an aromatic ring is 1. The quantitative estimate of drug-likeness (QED) is 0.904. The predicted octanol–water partition coefficient (Wildman–Crippen LogP) is 1.62. The molecule has 5 nitrogen and oxygen atoms in total. The molecule has 2 aromatic rings. The second kappa shape index (κ2) is 5.40. The molecule has 0 aromatic carbocycles. The van der Waals surface area contributed by atoms with E-state index in [2.05, 4.69) is 19.4 Å². The van der Waals surface area contributed by atoms with E-state index in [0.29, 0.717) is 0 Å². The second-order valence-corrected chi connectivity index (χ2v) is 4.98. The molecule has 0 spiro atoms. The van der Waals surface area contributed by atoms with Crippen LogP contribution in [0.2, 0.25) is 0 Å². The van der Waals surface area contributed by atoms with Gasteiger partial charge in [0.15, 0.2) is 0 Å². The number of hydrogen-bond donors (Lipinski definition) is 1. The molecule has 0 atom stereocenters. The molecule has 1 saturated heterocycles. The molecule has 19 heavy (non-hydrogen) atoms. The Balaban J connectivity index is 1.76. The lowest BCUT2D eigenvalue weighted by Gasteiger charge is -2.16. The minimum Gasteiger partial charge on any atom is -0.398 e. The van der Waals surface area contributed by atoms with E-state index < -0.39 is 0 Å². The fourth-order valence-electron chi connectivity index (χ4n) is 2.60. The molecule has 0 radical (unpaired) electrons. The van der Waals surface area contributed by atoms with Gasteiger partial charge in [0, 0.05) is 36.7 Å². The van der Waals surface area contributed by atoms with Gasteiger partial charge in [-0.1, -0.05) is 0 Å². The first-order valence-electron chi connectivity index (χ1n) is 6.77. The number of pyridine rings is 1. The van der Waals surface area contributed by atoms with Gasteiger partial charge >= 0.3 is 0 Å². The number of nitrogens with zero attached hydrogens (tertiary/aromatic N) is 4. The summed E-state index contributed by atoms with van der Waals surface area (Å²) in [7, 11) is 0. The lowest BCUT2D eigenvalue weighted by atomic mass is 10.2. The Labute approximate surface area is 113 Å². The molecule has 0 bridgehead atoms. The monoisotopic (exact) mass is 257 g/mol. The molecule has 100 valence electrons. The van der Waals surface area contributed by atoms with Crippen LogP contribution in [0.1, 0.15) is 12.8 Å². The number of likely N-dealkylation sites (tertiary alicyclic amines) is 1. The highest BCUT2D eigenvalue weighted by Crippen LogP contribution is 2.24. The van der Waals surface area contributed by atoms with Crippen LogP contribution in [-0.2, 0) is 6.54 Å². The van der Waals surface area contributed by atoms with Gasteiger partial charge in [0.25, 0.3) is 0 Å². The summed E-state index contributed by atoms with van der Waals surface area (Å²) in [6.45, 7) is 4.46. The van der Waals surface area contributed by atoms with Crippen molar-refractivity contribution in [3.8, 4) is 11.3 Å². The van der Waals surface area contributed by atoms with Crippen molar-refractivity contribution in [1.29, 1.82) is 0 Å². The largest absolute Gasteiger partial charge is 0.398 e. The summed E-state index contributed by atoms with van der Waals surface area (Å²) < 4.78 is 2.16. The number of nitrogens with two attached hydrogens (primary N) is 1. The fraction of sp³-hybridized carbons (Fsp3) is 0.429. The molecule has 2 aromatic heterocycles. The highest BCUT2D eigenvalue weighted by Gasteiger charge is 2.13. The molecule has 2 N–H and O–H groups in total. The van der Waals surface area contributed by atoms with E-state index in [1.807, 2.05) is 18.6 Å². The maximum absolute atomic E-state index is 6.01. The van der Waals surface area contributed by atoms with Gasteiger partial charge in [-0.2, -0.15) is 0 Å². The lowest BCUT2D eigenvalue weighted by Crippen LogP contribution is -2.24. The van der Waals surface area contributed by atoms with E-state index in [1.165, 1.54) is 25.9 Å². The highest BCUT2D eigenvalue weighted by atomic mass is 15.2. The summed E-state index contributed by atoms with van der Waals surface area (Å²) in [6, 6.07) is 1.83. The molecule has 0 aliphatic carbocycles. The predicted molar refractivity (Wildman–Crippen MR) is 75.5 cm³/mol. The Bertz CT molecular complexity index is 542. The first-order chi connectivity index (χ1) is 9.34. The van der Waals surface area contributed by atoms with E-state index in [9.17, 15) is 0 Å². The third-order valence-electron chi connectivity index (χ3n) is 3.70. The van der Waals surface area contributed by atoms with Gasteiger partial charge in [-0.3, -0.25) is 4.98 Å². The highest BCUT2D eigenvalue weighted by molar-refractivity contribution is 5.72. The molecule has 1 aliphatic heterocycles. The van der Waals surface area contributed by atoms with Crippen LogP contribution < -0.4 is 5.73 Å². The summed E-state index contributed by atoms with van der Waals surface area (Å²) in [5, 5.41) is 0. The van der Waals surface area contributed by atoms with Crippen molar-refractivity contribution in [2.24, 2.45) is 0 Å². The average molecular weight is 257 g/mol. The van der Waals surface area contributed by atoms with Crippen LogP contribution in [0.4, 0.5) is 5.69 Å². The summed E-state index contributed by atoms with van der Waals surface area (Å²) in [5.41, 5.74) is 8.76.